The second-order valence-corrected chi connectivity index (χ2v) is 3.96. The van der Waals surface area contributed by atoms with E-state index in [4.69, 9.17) is 0 Å². The summed E-state index contributed by atoms with van der Waals surface area (Å²) in [5.74, 6) is 0.758. The number of hydrogen-bond donors (Lipinski definition) is 3. The topological polar surface area (TPSA) is 94.7 Å². The van der Waals surface area contributed by atoms with Gasteiger partial charge in [-0.25, -0.2) is 9.97 Å². The summed E-state index contributed by atoms with van der Waals surface area (Å²) in [5, 5.41) is 9.19. The van der Waals surface area contributed by atoms with Crippen molar-refractivity contribution < 1.29 is 5.11 Å². The van der Waals surface area contributed by atoms with E-state index in [1.165, 1.54) is 6.33 Å². The second-order valence-electron chi connectivity index (χ2n) is 3.96. The van der Waals surface area contributed by atoms with Gasteiger partial charge in [0.1, 0.15) is 11.6 Å². The predicted octanol–water partition coefficient (Wildman–Crippen LogP) is 0.943. The second kappa shape index (κ2) is 3.99. The van der Waals surface area contributed by atoms with E-state index in [2.05, 4.69) is 19.9 Å². The number of benzene rings is 1. The van der Waals surface area contributed by atoms with E-state index in [-0.39, 0.29) is 11.3 Å². The molecule has 0 bridgehead atoms. The van der Waals surface area contributed by atoms with E-state index in [0.717, 1.165) is 5.56 Å². The minimum atomic E-state index is -0.230. The van der Waals surface area contributed by atoms with Crippen LogP contribution in [0.2, 0.25) is 0 Å². The molecule has 3 N–H and O–H groups in total. The van der Waals surface area contributed by atoms with Gasteiger partial charge < -0.3 is 15.1 Å². The minimum Gasteiger partial charge on any atom is -0.508 e. The summed E-state index contributed by atoms with van der Waals surface area (Å²) in [6.07, 6.45) is 1.93. The van der Waals surface area contributed by atoms with Crippen molar-refractivity contribution in [2.45, 2.75) is 6.42 Å². The highest BCUT2D eigenvalue weighted by Gasteiger charge is 2.06. The number of hydrogen-bond acceptors (Lipinski definition) is 4. The Balaban J connectivity index is 1.99. The molecule has 0 radical (unpaired) electrons. The van der Waals surface area contributed by atoms with Crippen molar-refractivity contribution in [1.82, 2.24) is 19.9 Å². The molecule has 6 nitrogen and oxygen atoms in total. The SMILES string of the molecule is O=c1[nH]c(Cc2ccc(O)cc2)nc2nc[nH]c12. The summed E-state index contributed by atoms with van der Waals surface area (Å²) in [7, 11) is 0. The van der Waals surface area contributed by atoms with Crippen molar-refractivity contribution in [3.05, 3.63) is 52.3 Å². The molecule has 1 aromatic carbocycles. The predicted molar refractivity (Wildman–Crippen MR) is 65.4 cm³/mol. The summed E-state index contributed by atoms with van der Waals surface area (Å²) < 4.78 is 0. The lowest BCUT2D eigenvalue weighted by atomic mass is 10.1. The first-order valence-corrected chi connectivity index (χ1v) is 5.42. The van der Waals surface area contributed by atoms with Gasteiger partial charge in [0, 0.05) is 6.42 Å². The van der Waals surface area contributed by atoms with E-state index >= 15 is 0 Å². The largest absolute Gasteiger partial charge is 0.508 e. The number of imidazole rings is 1. The average Bonchev–Trinajstić information content (AvgIpc) is 2.81. The van der Waals surface area contributed by atoms with Crippen LogP contribution in [0.5, 0.6) is 5.75 Å². The Morgan fingerprint density at radius 3 is 2.78 bits per heavy atom. The van der Waals surface area contributed by atoms with Crippen molar-refractivity contribution in [3.8, 4) is 5.75 Å². The monoisotopic (exact) mass is 242 g/mol. The Labute approximate surface area is 101 Å². The fourth-order valence-electron chi connectivity index (χ4n) is 1.78. The van der Waals surface area contributed by atoms with Crippen molar-refractivity contribution in [2.24, 2.45) is 0 Å². The normalized spacial score (nSPS) is 10.9. The van der Waals surface area contributed by atoms with Crippen LogP contribution in [0.3, 0.4) is 0 Å². The van der Waals surface area contributed by atoms with Crippen LogP contribution in [-0.4, -0.2) is 25.0 Å². The van der Waals surface area contributed by atoms with Gasteiger partial charge in [-0.1, -0.05) is 12.1 Å². The van der Waals surface area contributed by atoms with Gasteiger partial charge in [0.05, 0.1) is 6.33 Å². The van der Waals surface area contributed by atoms with E-state index in [9.17, 15) is 9.90 Å². The van der Waals surface area contributed by atoms with Crippen LogP contribution in [0, 0.1) is 0 Å². The van der Waals surface area contributed by atoms with E-state index in [1.54, 1.807) is 24.3 Å². The number of fused-ring (bicyclic) bond motifs is 1. The molecule has 6 heteroatoms. The Kier molecular flexibility index (Phi) is 2.33. The van der Waals surface area contributed by atoms with Crippen molar-refractivity contribution in [3.63, 3.8) is 0 Å². The van der Waals surface area contributed by atoms with Gasteiger partial charge >= 0.3 is 0 Å². The van der Waals surface area contributed by atoms with Crippen LogP contribution >= 0.6 is 0 Å². The molecule has 0 aliphatic rings. The van der Waals surface area contributed by atoms with Crippen LogP contribution < -0.4 is 5.56 Å². The molecule has 3 aromatic rings. The zero-order valence-electron chi connectivity index (χ0n) is 9.34. The molecule has 2 heterocycles. The van der Waals surface area contributed by atoms with Gasteiger partial charge in [-0.15, -0.1) is 0 Å². The Morgan fingerprint density at radius 1 is 1.22 bits per heavy atom. The van der Waals surface area contributed by atoms with Crippen LogP contribution in [0.1, 0.15) is 11.4 Å². The first kappa shape index (κ1) is 10.5. The van der Waals surface area contributed by atoms with Crippen molar-refractivity contribution in [2.75, 3.05) is 0 Å². The molecule has 3 rings (SSSR count). The Bertz CT molecular complexity index is 743. The van der Waals surface area contributed by atoms with Crippen molar-refractivity contribution in [1.29, 1.82) is 0 Å². The number of aromatic hydroxyl groups is 1. The van der Waals surface area contributed by atoms with Gasteiger partial charge in [-0.2, -0.15) is 0 Å². The summed E-state index contributed by atoms with van der Waals surface area (Å²) in [6, 6.07) is 6.76. The molecule has 0 fully saturated rings. The molecule has 18 heavy (non-hydrogen) atoms. The molecule has 0 atom stereocenters. The maximum atomic E-state index is 11.7. The number of H-pyrrole nitrogens is 2. The molecular formula is C12H10N4O2. The smallest absolute Gasteiger partial charge is 0.276 e. The maximum absolute atomic E-state index is 11.7. The van der Waals surface area contributed by atoms with Crippen LogP contribution in [0.25, 0.3) is 11.2 Å². The number of aromatic nitrogens is 4. The average molecular weight is 242 g/mol. The summed E-state index contributed by atoms with van der Waals surface area (Å²) in [4.78, 5) is 25.4. The standard InChI is InChI=1S/C12H10N4O2/c17-8-3-1-7(2-4-8)5-9-15-11-10(12(18)16-9)13-6-14-11/h1-4,6,17H,5H2,(H2,13,14,15,16,18). The van der Waals surface area contributed by atoms with E-state index in [1.807, 2.05) is 0 Å². The first-order valence-electron chi connectivity index (χ1n) is 5.42. The number of rotatable bonds is 2. The number of phenolic OH excluding ortho intramolecular Hbond substituents is 1. The quantitative estimate of drug-likeness (QED) is 0.623. The molecular weight excluding hydrogens is 232 g/mol. The lowest BCUT2D eigenvalue weighted by molar-refractivity contribution is 0.475. The zero-order chi connectivity index (χ0) is 12.5. The van der Waals surface area contributed by atoms with E-state index < -0.39 is 0 Å². The summed E-state index contributed by atoms with van der Waals surface area (Å²) >= 11 is 0. The highest BCUT2D eigenvalue weighted by molar-refractivity contribution is 5.68. The Hall–Kier alpha value is -2.63. The number of nitrogens with zero attached hydrogens (tertiary/aromatic N) is 2. The summed E-state index contributed by atoms with van der Waals surface area (Å²) in [6.45, 7) is 0. The molecule has 0 spiro atoms. The van der Waals surface area contributed by atoms with Crippen LogP contribution in [-0.2, 0) is 6.42 Å². The van der Waals surface area contributed by atoms with Gasteiger partial charge in [0.15, 0.2) is 11.2 Å². The molecule has 0 aliphatic carbocycles. The van der Waals surface area contributed by atoms with Gasteiger partial charge in [0.2, 0.25) is 0 Å². The van der Waals surface area contributed by atoms with Gasteiger partial charge in [-0.3, -0.25) is 4.79 Å². The van der Waals surface area contributed by atoms with Crippen LogP contribution in [0.4, 0.5) is 0 Å². The molecule has 2 aromatic heterocycles. The molecule has 0 amide bonds. The number of aromatic amines is 2. The Morgan fingerprint density at radius 2 is 2.00 bits per heavy atom. The third kappa shape index (κ3) is 1.84. The number of nitrogens with one attached hydrogen (secondary N) is 2. The third-order valence-corrected chi connectivity index (χ3v) is 2.65. The van der Waals surface area contributed by atoms with Crippen molar-refractivity contribution >= 4 is 11.2 Å². The van der Waals surface area contributed by atoms with E-state index in [0.29, 0.717) is 23.4 Å². The number of phenols is 1. The highest BCUT2D eigenvalue weighted by Crippen LogP contribution is 2.12. The minimum absolute atomic E-state index is 0.211. The lowest BCUT2D eigenvalue weighted by Crippen LogP contribution is -2.12. The molecule has 0 saturated heterocycles. The molecule has 0 aliphatic heterocycles. The van der Waals surface area contributed by atoms with Gasteiger partial charge in [-0.05, 0) is 17.7 Å². The fourth-order valence-corrected chi connectivity index (χ4v) is 1.78. The third-order valence-electron chi connectivity index (χ3n) is 2.65. The zero-order valence-corrected chi connectivity index (χ0v) is 9.34. The maximum Gasteiger partial charge on any atom is 0.276 e. The molecule has 90 valence electrons. The first-order chi connectivity index (χ1) is 8.72. The molecule has 0 saturated carbocycles. The highest BCUT2D eigenvalue weighted by atomic mass is 16.3. The lowest BCUT2D eigenvalue weighted by Gasteiger charge is -2.01. The summed E-state index contributed by atoms with van der Waals surface area (Å²) in [5.41, 5.74) is 1.51. The molecule has 0 unspecified atom stereocenters. The fraction of sp³-hybridized carbons (Fsp3) is 0.0833. The van der Waals surface area contributed by atoms with Gasteiger partial charge in [0.25, 0.3) is 5.56 Å². The van der Waals surface area contributed by atoms with Crippen LogP contribution in [0.15, 0.2) is 35.4 Å².